The van der Waals surface area contributed by atoms with Gasteiger partial charge in [-0.2, -0.15) is 0 Å². The zero-order valence-corrected chi connectivity index (χ0v) is 11.3. The monoisotopic (exact) mass is 289 g/mol. The minimum absolute atomic E-state index is 0.0540. The van der Waals surface area contributed by atoms with Gasteiger partial charge in [0, 0.05) is 13.3 Å². The lowest BCUT2D eigenvalue weighted by atomic mass is 9.85. The lowest BCUT2D eigenvalue weighted by Gasteiger charge is -2.38. The van der Waals surface area contributed by atoms with E-state index in [1.165, 1.54) is 6.92 Å². The summed E-state index contributed by atoms with van der Waals surface area (Å²) in [5, 5.41) is 30.8. The maximum Gasteiger partial charge on any atom is 0.364 e. The Morgan fingerprint density at radius 1 is 1.45 bits per heavy atom. The van der Waals surface area contributed by atoms with E-state index in [4.69, 9.17) is 14.6 Å². The van der Waals surface area contributed by atoms with Crippen LogP contribution in [0.15, 0.2) is 0 Å². The number of hydrogen-bond acceptors (Lipinski definition) is 6. The Balaban J connectivity index is 2.30. The number of carboxylic acids is 1. The number of ether oxygens (including phenoxy) is 2. The topological polar surface area (TPSA) is 125 Å². The second-order valence-corrected chi connectivity index (χ2v) is 5.38. The van der Waals surface area contributed by atoms with E-state index in [0.717, 1.165) is 0 Å². The molecule has 0 aromatic rings. The Morgan fingerprint density at radius 3 is 2.60 bits per heavy atom. The van der Waals surface area contributed by atoms with Crippen molar-refractivity contribution in [1.82, 2.24) is 5.32 Å². The molecule has 6 atom stereocenters. The van der Waals surface area contributed by atoms with E-state index >= 15 is 0 Å². The molecule has 0 spiro atoms. The number of aliphatic hydroxyl groups excluding tert-OH is 2. The second-order valence-electron chi connectivity index (χ2n) is 5.38. The minimum atomic E-state index is -1.82. The van der Waals surface area contributed by atoms with E-state index in [-0.39, 0.29) is 18.2 Å². The normalized spacial score (nSPS) is 41.2. The number of hydrogen-bond donors (Lipinski definition) is 4. The van der Waals surface area contributed by atoms with Crippen LogP contribution in [0.4, 0.5) is 0 Å². The SMILES string of the molecule is CC(=O)N[C@H]1[C@H]2OC(C(=O)O)(C[C@H]1C)O[C@@H]2[C@H](O)CO. The summed E-state index contributed by atoms with van der Waals surface area (Å²) >= 11 is 0. The number of amides is 1. The molecule has 20 heavy (non-hydrogen) atoms. The zero-order chi connectivity index (χ0) is 15.1. The first-order valence-corrected chi connectivity index (χ1v) is 6.46. The summed E-state index contributed by atoms with van der Waals surface area (Å²) in [5.41, 5.74) is 0. The molecule has 1 unspecified atom stereocenters. The van der Waals surface area contributed by atoms with Gasteiger partial charge in [0.05, 0.1) is 12.6 Å². The lowest BCUT2D eigenvalue weighted by molar-refractivity contribution is -0.228. The Labute approximate surface area is 115 Å². The zero-order valence-electron chi connectivity index (χ0n) is 11.3. The van der Waals surface area contributed by atoms with Crippen molar-refractivity contribution in [3.63, 3.8) is 0 Å². The Hall–Kier alpha value is -1.22. The summed E-state index contributed by atoms with van der Waals surface area (Å²) in [6.45, 7) is 2.55. The van der Waals surface area contributed by atoms with Gasteiger partial charge in [0.25, 0.3) is 5.79 Å². The highest BCUT2D eigenvalue weighted by Gasteiger charge is 2.62. The van der Waals surface area contributed by atoms with Gasteiger partial charge in [-0.25, -0.2) is 4.79 Å². The first-order chi connectivity index (χ1) is 9.30. The molecule has 0 aliphatic carbocycles. The van der Waals surface area contributed by atoms with Gasteiger partial charge in [-0.05, 0) is 5.92 Å². The smallest absolute Gasteiger partial charge is 0.364 e. The van der Waals surface area contributed by atoms with E-state index < -0.39 is 42.7 Å². The first kappa shape index (κ1) is 15.2. The molecule has 2 fully saturated rings. The van der Waals surface area contributed by atoms with Gasteiger partial charge in [-0.3, -0.25) is 4.79 Å². The molecule has 0 saturated carbocycles. The van der Waals surface area contributed by atoms with E-state index in [0.29, 0.717) is 0 Å². The van der Waals surface area contributed by atoms with Crippen molar-refractivity contribution in [3.8, 4) is 0 Å². The highest BCUT2D eigenvalue weighted by Crippen LogP contribution is 2.44. The molecule has 8 nitrogen and oxygen atoms in total. The molecule has 0 aromatic carbocycles. The van der Waals surface area contributed by atoms with Crippen molar-refractivity contribution < 1.29 is 34.4 Å². The molecule has 0 radical (unpaired) electrons. The summed E-state index contributed by atoms with van der Waals surface area (Å²) in [4.78, 5) is 22.6. The fraction of sp³-hybridized carbons (Fsp3) is 0.833. The summed E-state index contributed by atoms with van der Waals surface area (Å²) in [6.07, 6.45) is -3.04. The van der Waals surface area contributed by atoms with Crippen molar-refractivity contribution in [2.45, 2.75) is 50.4 Å². The number of rotatable bonds is 4. The largest absolute Gasteiger partial charge is 0.477 e. The highest BCUT2D eigenvalue weighted by atomic mass is 16.8. The van der Waals surface area contributed by atoms with E-state index in [1.807, 2.05) is 0 Å². The fourth-order valence-electron chi connectivity index (χ4n) is 2.90. The molecule has 2 aliphatic heterocycles. The lowest BCUT2D eigenvalue weighted by Crippen LogP contribution is -2.57. The fourth-order valence-corrected chi connectivity index (χ4v) is 2.90. The van der Waals surface area contributed by atoms with Crippen LogP contribution >= 0.6 is 0 Å². The minimum Gasteiger partial charge on any atom is -0.477 e. The van der Waals surface area contributed by atoms with Gasteiger partial charge in [0.2, 0.25) is 5.91 Å². The van der Waals surface area contributed by atoms with Gasteiger partial charge in [-0.15, -0.1) is 0 Å². The average Bonchev–Trinajstić information content (AvgIpc) is 2.70. The molecule has 2 rings (SSSR count). The molecule has 1 amide bonds. The van der Waals surface area contributed by atoms with Gasteiger partial charge in [0.15, 0.2) is 0 Å². The average molecular weight is 289 g/mol. The van der Waals surface area contributed by atoms with Crippen molar-refractivity contribution in [2.75, 3.05) is 6.61 Å². The maximum absolute atomic E-state index is 11.4. The van der Waals surface area contributed by atoms with Gasteiger partial charge in [0.1, 0.15) is 18.3 Å². The Bertz CT molecular complexity index is 415. The standard InChI is InChI=1S/C12H19NO7/c1-5-3-12(11(17)18)19-9(7(16)4-14)10(20-12)8(5)13-6(2)15/h5,7-10,14,16H,3-4H2,1-2H3,(H,13,15)(H,17,18)/t5-,7-,8-,9-,10-,12?/m1/s1. The van der Waals surface area contributed by atoms with Crippen LogP contribution in [0.2, 0.25) is 0 Å². The summed E-state index contributed by atoms with van der Waals surface area (Å²) < 4.78 is 10.8. The molecule has 2 aliphatic rings. The van der Waals surface area contributed by atoms with Crippen LogP contribution in [0.5, 0.6) is 0 Å². The number of fused-ring (bicyclic) bond motifs is 2. The van der Waals surface area contributed by atoms with Crippen molar-refractivity contribution in [1.29, 1.82) is 0 Å². The third-order valence-corrected chi connectivity index (χ3v) is 3.80. The quantitative estimate of drug-likeness (QED) is 0.493. The molecule has 8 heteroatoms. The number of aliphatic carboxylic acids is 1. The summed E-state index contributed by atoms with van der Waals surface area (Å²) in [6, 6.07) is -0.478. The van der Waals surface area contributed by atoms with Crippen LogP contribution in [0, 0.1) is 5.92 Å². The van der Waals surface area contributed by atoms with Gasteiger partial charge in [-0.1, -0.05) is 6.92 Å². The highest BCUT2D eigenvalue weighted by molar-refractivity contribution is 5.77. The maximum atomic E-state index is 11.4. The Kier molecular flexibility index (Phi) is 4.01. The Morgan fingerprint density at radius 2 is 2.10 bits per heavy atom. The van der Waals surface area contributed by atoms with Crippen LogP contribution in [0.25, 0.3) is 0 Å². The predicted molar refractivity (Wildman–Crippen MR) is 64.6 cm³/mol. The molecule has 2 saturated heterocycles. The van der Waals surface area contributed by atoms with E-state index in [1.54, 1.807) is 6.92 Å². The molecular formula is C12H19NO7. The van der Waals surface area contributed by atoms with Crippen LogP contribution < -0.4 is 5.32 Å². The number of aliphatic hydroxyl groups is 2. The summed E-state index contributed by atoms with van der Waals surface area (Å²) in [5.74, 6) is -3.58. The molecule has 2 bridgehead atoms. The van der Waals surface area contributed by atoms with Crippen molar-refractivity contribution in [2.24, 2.45) is 5.92 Å². The van der Waals surface area contributed by atoms with Gasteiger partial charge < -0.3 is 30.1 Å². The third kappa shape index (κ3) is 2.39. The number of carbonyl (C=O) groups excluding carboxylic acids is 1. The second kappa shape index (κ2) is 5.28. The summed E-state index contributed by atoms with van der Waals surface area (Å²) in [7, 11) is 0. The number of carboxylic acid groups (broad SMARTS) is 1. The van der Waals surface area contributed by atoms with Gasteiger partial charge >= 0.3 is 5.97 Å². The molecule has 0 aromatic heterocycles. The van der Waals surface area contributed by atoms with Crippen molar-refractivity contribution in [3.05, 3.63) is 0 Å². The number of nitrogens with one attached hydrogen (secondary N) is 1. The first-order valence-electron chi connectivity index (χ1n) is 6.46. The predicted octanol–water partition coefficient (Wildman–Crippen LogP) is -1.55. The van der Waals surface area contributed by atoms with E-state index in [9.17, 15) is 19.8 Å². The number of carbonyl (C=O) groups is 2. The molecule has 4 N–H and O–H groups in total. The van der Waals surface area contributed by atoms with Crippen LogP contribution in [0.1, 0.15) is 20.3 Å². The molecule has 2 heterocycles. The third-order valence-electron chi connectivity index (χ3n) is 3.80. The van der Waals surface area contributed by atoms with Crippen LogP contribution in [-0.2, 0) is 19.1 Å². The van der Waals surface area contributed by atoms with Crippen molar-refractivity contribution >= 4 is 11.9 Å². The van der Waals surface area contributed by atoms with Crippen LogP contribution in [-0.4, -0.2) is 63.9 Å². The van der Waals surface area contributed by atoms with Crippen LogP contribution in [0.3, 0.4) is 0 Å². The van der Waals surface area contributed by atoms with E-state index in [2.05, 4.69) is 5.32 Å². The molecular weight excluding hydrogens is 270 g/mol. The molecule has 114 valence electrons.